The van der Waals surface area contributed by atoms with Crippen molar-refractivity contribution in [3.05, 3.63) is 41.1 Å². The molecule has 0 spiro atoms. The van der Waals surface area contributed by atoms with Crippen LogP contribution in [-0.4, -0.2) is 6.04 Å². The van der Waals surface area contributed by atoms with E-state index in [1.54, 1.807) is 12.2 Å². The molecule has 4 nitrogen and oxygen atoms in total. The van der Waals surface area contributed by atoms with Crippen molar-refractivity contribution in [2.24, 2.45) is 22.6 Å². The number of rotatable bonds is 2. The normalized spacial score (nSPS) is 28.8. The third-order valence-corrected chi connectivity index (χ3v) is 1.84. The minimum Gasteiger partial charge on any atom is -0.401 e. The molecule has 64 valence electrons. The Morgan fingerprint density at radius 3 is 2.75 bits per heavy atom. The van der Waals surface area contributed by atoms with Crippen LogP contribution in [0.15, 0.2) is 41.4 Å². The molecule has 1 aliphatic carbocycles. The highest BCUT2D eigenvalue weighted by atomic mass is 16.3. The molecule has 0 saturated carbocycles. The molecule has 4 heteroatoms. The van der Waals surface area contributed by atoms with Crippen molar-refractivity contribution >= 4 is 0 Å². The fourth-order valence-electron chi connectivity index (χ4n) is 1.19. The molecule has 0 fully saturated rings. The number of hydrogen-bond donors (Lipinski definition) is 2. The summed E-state index contributed by atoms with van der Waals surface area (Å²) in [6.45, 7) is 3.60. The van der Waals surface area contributed by atoms with Crippen LogP contribution in [-0.2, 0) is 0 Å². The molecular weight excluding hydrogens is 154 g/mol. The third-order valence-electron chi connectivity index (χ3n) is 1.84. The standard InChI is InChI=1S/C8H11N3O/c1-2-6-7(9)3-5(11-12)4-8(6)10/h2-4,6-7H,1,9-10H2. The van der Waals surface area contributed by atoms with Crippen molar-refractivity contribution in [3.8, 4) is 0 Å². The zero-order chi connectivity index (χ0) is 9.14. The summed E-state index contributed by atoms with van der Waals surface area (Å²) in [5, 5.41) is 2.76. The van der Waals surface area contributed by atoms with Crippen molar-refractivity contribution in [3.63, 3.8) is 0 Å². The quantitative estimate of drug-likeness (QED) is 0.465. The lowest BCUT2D eigenvalue weighted by atomic mass is 9.92. The molecule has 0 aromatic rings. The van der Waals surface area contributed by atoms with Crippen molar-refractivity contribution in [1.29, 1.82) is 0 Å². The summed E-state index contributed by atoms with van der Waals surface area (Å²) in [4.78, 5) is 10.1. The first-order chi connectivity index (χ1) is 5.69. The third kappa shape index (κ3) is 1.43. The summed E-state index contributed by atoms with van der Waals surface area (Å²) in [7, 11) is 0. The Kier molecular flexibility index (Phi) is 2.40. The molecule has 0 bridgehead atoms. The van der Waals surface area contributed by atoms with Gasteiger partial charge in [0, 0.05) is 17.7 Å². The van der Waals surface area contributed by atoms with E-state index in [0.717, 1.165) is 0 Å². The molecule has 2 unspecified atom stereocenters. The summed E-state index contributed by atoms with van der Waals surface area (Å²) in [6, 6.07) is -0.291. The maximum absolute atomic E-state index is 10.1. The highest BCUT2D eigenvalue weighted by Crippen LogP contribution is 2.20. The van der Waals surface area contributed by atoms with Crippen LogP contribution in [0.5, 0.6) is 0 Å². The molecule has 0 aliphatic heterocycles. The summed E-state index contributed by atoms with van der Waals surface area (Å²) in [6.07, 6.45) is 4.76. The Hall–Kier alpha value is -1.42. The van der Waals surface area contributed by atoms with Gasteiger partial charge in [0.05, 0.1) is 0 Å². The molecule has 0 heterocycles. The van der Waals surface area contributed by atoms with Gasteiger partial charge in [-0.1, -0.05) is 6.08 Å². The molecular formula is C8H11N3O. The van der Waals surface area contributed by atoms with E-state index in [1.807, 2.05) is 0 Å². The average Bonchev–Trinajstić information content (AvgIpc) is 2.03. The number of nitrogens with zero attached hydrogens (tertiary/aromatic N) is 1. The molecule has 0 saturated heterocycles. The smallest absolute Gasteiger partial charge is 0.107 e. The minimum absolute atomic E-state index is 0.0875. The van der Waals surface area contributed by atoms with Crippen molar-refractivity contribution in [2.75, 3.05) is 0 Å². The molecule has 2 atom stereocenters. The van der Waals surface area contributed by atoms with Gasteiger partial charge in [0.2, 0.25) is 0 Å². The van der Waals surface area contributed by atoms with Gasteiger partial charge >= 0.3 is 0 Å². The number of nitrogens with two attached hydrogens (primary N) is 2. The van der Waals surface area contributed by atoms with Crippen LogP contribution < -0.4 is 11.5 Å². The first-order valence-corrected chi connectivity index (χ1v) is 3.59. The largest absolute Gasteiger partial charge is 0.401 e. The van der Waals surface area contributed by atoms with E-state index in [9.17, 15) is 4.91 Å². The fraction of sp³-hybridized carbons (Fsp3) is 0.250. The number of hydrogen-bond acceptors (Lipinski definition) is 4. The summed E-state index contributed by atoms with van der Waals surface area (Å²) in [5.41, 5.74) is 12.1. The Bertz CT molecular complexity index is 267. The lowest BCUT2D eigenvalue weighted by molar-refractivity contribution is 0.636. The lowest BCUT2D eigenvalue weighted by Gasteiger charge is -2.21. The Morgan fingerprint density at radius 2 is 2.33 bits per heavy atom. The maximum atomic E-state index is 10.1. The van der Waals surface area contributed by atoms with E-state index in [1.165, 1.54) is 6.08 Å². The van der Waals surface area contributed by atoms with Gasteiger partial charge in [-0.3, -0.25) is 0 Å². The summed E-state index contributed by atoms with van der Waals surface area (Å²) in [5.74, 6) is -0.0875. The summed E-state index contributed by atoms with van der Waals surface area (Å²) < 4.78 is 0. The number of allylic oxidation sites excluding steroid dienone is 1. The van der Waals surface area contributed by atoms with Crippen molar-refractivity contribution in [1.82, 2.24) is 0 Å². The van der Waals surface area contributed by atoms with Gasteiger partial charge in [0.1, 0.15) is 5.70 Å². The van der Waals surface area contributed by atoms with Gasteiger partial charge in [0.25, 0.3) is 0 Å². The molecule has 0 aromatic heterocycles. The Balaban J connectivity index is 2.95. The zero-order valence-corrected chi connectivity index (χ0v) is 6.60. The van der Waals surface area contributed by atoms with E-state index in [2.05, 4.69) is 11.8 Å². The minimum atomic E-state index is -0.291. The fourth-order valence-corrected chi connectivity index (χ4v) is 1.19. The van der Waals surface area contributed by atoms with Gasteiger partial charge in [-0.2, -0.15) is 0 Å². The maximum Gasteiger partial charge on any atom is 0.107 e. The van der Waals surface area contributed by atoms with E-state index >= 15 is 0 Å². The molecule has 0 aromatic carbocycles. The highest BCUT2D eigenvalue weighted by Gasteiger charge is 2.20. The topological polar surface area (TPSA) is 81.5 Å². The zero-order valence-electron chi connectivity index (χ0n) is 6.60. The van der Waals surface area contributed by atoms with Crippen LogP contribution in [0.1, 0.15) is 0 Å². The van der Waals surface area contributed by atoms with E-state index in [-0.39, 0.29) is 17.7 Å². The second kappa shape index (κ2) is 3.32. The Labute approximate surface area is 70.6 Å². The van der Waals surface area contributed by atoms with Gasteiger partial charge in [-0.05, 0) is 17.3 Å². The van der Waals surface area contributed by atoms with Crippen molar-refractivity contribution < 1.29 is 0 Å². The van der Waals surface area contributed by atoms with E-state index in [4.69, 9.17) is 11.5 Å². The molecule has 0 radical (unpaired) electrons. The van der Waals surface area contributed by atoms with Gasteiger partial charge in [-0.25, -0.2) is 0 Å². The van der Waals surface area contributed by atoms with Crippen LogP contribution in [0.2, 0.25) is 0 Å². The lowest BCUT2D eigenvalue weighted by Crippen LogP contribution is -2.33. The number of nitroso groups, excluding NO2 is 1. The predicted molar refractivity (Wildman–Crippen MR) is 47.8 cm³/mol. The molecule has 1 rings (SSSR count). The molecule has 12 heavy (non-hydrogen) atoms. The Morgan fingerprint density at radius 1 is 1.67 bits per heavy atom. The first kappa shape index (κ1) is 8.67. The molecule has 0 amide bonds. The van der Waals surface area contributed by atoms with Crippen molar-refractivity contribution in [2.45, 2.75) is 6.04 Å². The average molecular weight is 165 g/mol. The van der Waals surface area contributed by atoms with Crippen LogP contribution in [0.4, 0.5) is 0 Å². The highest BCUT2D eigenvalue weighted by molar-refractivity contribution is 5.32. The van der Waals surface area contributed by atoms with Crippen LogP contribution in [0, 0.1) is 10.8 Å². The van der Waals surface area contributed by atoms with Gasteiger partial charge in [0.15, 0.2) is 0 Å². The second-order valence-corrected chi connectivity index (χ2v) is 2.67. The molecule has 1 aliphatic rings. The first-order valence-electron chi connectivity index (χ1n) is 3.59. The van der Waals surface area contributed by atoms with Gasteiger partial charge < -0.3 is 11.5 Å². The monoisotopic (exact) mass is 165 g/mol. The van der Waals surface area contributed by atoms with E-state index < -0.39 is 0 Å². The van der Waals surface area contributed by atoms with Crippen LogP contribution in [0.3, 0.4) is 0 Å². The SMILES string of the molecule is C=CC1C(N)=CC(N=O)=CC1N. The predicted octanol–water partition coefficient (Wildman–Crippen LogP) is 0.622. The van der Waals surface area contributed by atoms with E-state index in [0.29, 0.717) is 5.70 Å². The molecule has 4 N–H and O–H groups in total. The second-order valence-electron chi connectivity index (χ2n) is 2.67. The van der Waals surface area contributed by atoms with Gasteiger partial charge in [-0.15, -0.1) is 11.5 Å². The summed E-state index contributed by atoms with van der Waals surface area (Å²) >= 11 is 0. The van der Waals surface area contributed by atoms with Crippen LogP contribution >= 0.6 is 0 Å². The van der Waals surface area contributed by atoms with Crippen LogP contribution in [0.25, 0.3) is 0 Å².